The highest BCUT2D eigenvalue weighted by Crippen LogP contribution is 2.18. The van der Waals surface area contributed by atoms with Gasteiger partial charge in [-0.25, -0.2) is 9.78 Å². The Morgan fingerprint density at radius 1 is 1.25 bits per heavy atom. The van der Waals surface area contributed by atoms with Crippen LogP contribution in [0.1, 0.15) is 21.7 Å². The van der Waals surface area contributed by atoms with Crippen molar-refractivity contribution in [2.24, 2.45) is 0 Å². The van der Waals surface area contributed by atoms with Gasteiger partial charge in [-0.15, -0.1) is 0 Å². The Hall–Kier alpha value is -3.79. The maximum Gasteiger partial charge on any atom is 0.414 e. The second-order valence-corrected chi connectivity index (χ2v) is 6.27. The quantitative estimate of drug-likeness (QED) is 0.714. The highest BCUT2D eigenvalue weighted by Gasteiger charge is 2.23. The van der Waals surface area contributed by atoms with Crippen LogP contribution in [0.2, 0.25) is 0 Å². The van der Waals surface area contributed by atoms with Gasteiger partial charge in [0.15, 0.2) is 0 Å². The lowest BCUT2D eigenvalue weighted by molar-refractivity contribution is 0.0952. The fourth-order valence-corrected chi connectivity index (χ4v) is 3.09. The van der Waals surface area contributed by atoms with E-state index in [2.05, 4.69) is 22.1 Å². The number of aryl methyl sites for hydroxylation is 1. The van der Waals surface area contributed by atoms with E-state index in [-0.39, 0.29) is 18.5 Å². The summed E-state index contributed by atoms with van der Waals surface area (Å²) in [4.78, 5) is 30.0. The van der Waals surface area contributed by atoms with Crippen LogP contribution in [0, 0.1) is 18.8 Å². The third-order valence-electron chi connectivity index (χ3n) is 4.43. The minimum absolute atomic E-state index is 0.214. The number of amides is 2. The summed E-state index contributed by atoms with van der Waals surface area (Å²) in [5.41, 5.74) is 3.51. The predicted octanol–water partition coefficient (Wildman–Crippen LogP) is 2.38. The van der Waals surface area contributed by atoms with E-state index in [0.717, 1.165) is 16.9 Å². The zero-order chi connectivity index (χ0) is 19.5. The number of pyridine rings is 1. The number of rotatable bonds is 3. The number of anilines is 1. The molecule has 3 heterocycles. The maximum absolute atomic E-state index is 12.5. The van der Waals surface area contributed by atoms with Gasteiger partial charge in [-0.3, -0.25) is 14.1 Å². The van der Waals surface area contributed by atoms with Gasteiger partial charge in [-0.2, -0.15) is 0 Å². The molecular weight excluding hydrogens is 356 g/mol. The van der Waals surface area contributed by atoms with Gasteiger partial charge in [-0.05, 0) is 43.3 Å². The number of benzene rings is 1. The molecule has 1 N–H and O–H groups in total. The van der Waals surface area contributed by atoms with E-state index >= 15 is 0 Å². The molecule has 0 radical (unpaired) electrons. The lowest BCUT2D eigenvalue weighted by Crippen LogP contribution is -2.25. The Balaban J connectivity index is 1.39. The first kappa shape index (κ1) is 17.6. The van der Waals surface area contributed by atoms with Crippen LogP contribution in [0.4, 0.5) is 10.5 Å². The molecule has 0 spiro atoms. The third-order valence-corrected chi connectivity index (χ3v) is 4.43. The molecule has 1 fully saturated rings. The molecule has 0 bridgehead atoms. The molecule has 1 aliphatic heterocycles. The van der Waals surface area contributed by atoms with E-state index in [4.69, 9.17) is 4.74 Å². The molecule has 7 nitrogen and oxygen atoms in total. The summed E-state index contributed by atoms with van der Waals surface area (Å²) >= 11 is 0. The van der Waals surface area contributed by atoms with E-state index < -0.39 is 0 Å². The van der Waals surface area contributed by atoms with Crippen molar-refractivity contribution < 1.29 is 14.3 Å². The molecule has 4 rings (SSSR count). The molecule has 2 amide bonds. The third kappa shape index (κ3) is 3.40. The van der Waals surface area contributed by atoms with Gasteiger partial charge in [0.25, 0.3) is 5.91 Å². The molecule has 28 heavy (non-hydrogen) atoms. The van der Waals surface area contributed by atoms with Crippen molar-refractivity contribution in [1.29, 1.82) is 0 Å². The molecule has 2 aromatic heterocycles. The molecule has 1 aliphatic rings. The number of hydrogen-bond acceptors (Lipinski definition) is 4. The minimum Gasteiger partial charge on any atom is -0.447 e. The van der Waals surface area contributed by atoms with Crippen LogP contribution in [0.5, 0.6) is 0 Å². The lowest BCUT2D eigenvalue weighted by atomic mass is 10.2. The monoisotopic (exact) mass is 374 g/mol. The molecule has 3 aromatic rings. The fraction of sp³-hybridized carbons (Fsp3) is 0.190. The van der Waals surface area contributed by atoms with Gasteiger partial charge < -0.3 is 10.1 Å². The molecule has 0 saturated carbocycles. The Morgan fingerprint density at radius 3 is 2.82 bits per heavy atom. The molecule has 140 valence electrons. The average molecular weight is 374 g/mol. The van der Waals surface area contributed by atoms with Crippen LogP contribution in [0.15, 0.2) is 48.7 Å². The van der Waals surface area contributed by atoms with E-state index in [1.54, 1.807) is 9.30 Å². The van der Waals surface area contributed by atoms with Crippen LogP contribution < -0.4 is 10.2 Å². The summed E-state index contributed by atoms with van der Waals surface area (Å²) in [5, 5.41) is 2.81. The molecule has 0 unspecified atom stereocenters. The average Bonchev–Trinajstić information content (AvgIpc) is 3.27. The lowest BCUT2D eigenvalue weighted by Gasteiger charge is -2.11. The maximum atomic E-state index is 12.5. The van der Waals surface area contributed by atoms with Gasteiger partial charge in [0, 0.05) is 17.4 Å². The number of ether oxygens (including phenoxy) is 1. The molecule has 1 aromatic carbocycles. The second-order valence-electron chi connectivity index (χ2n) is 6.27. The highest BCUT2D eigenvalue weighted by atomic mass is 16.6. The number of aromatic nitrogens is 2. The van der Waals surface area contributed by atoms with E-state index in [1.807, 2.05) is 55.6 Å². The number of nitrogens with one attached hydrogen (secondary N) is 1. The molecule has 0 aliphatic carbocycles. The van der Waals surface area contributed by atoms with Crippen molar-refractivity contribution in [3.05, 3.63) is 65.6 Å². The van der Waals surface area contributed by atoms with E-state index in [1.165, 1.54) is 0 Å². The van der Waals surface area contributed by atoms with Crippen LogP contribution in [0.25, 0.3) is 5.65 Å². The summed E-state index contributed by atoms with van der Waals surface area (Å²) in [6.07, 6.45) is 1.48. The zero-order valence-corrected chi connectivity index (χ0v) is 15.3. The highest BCUT2D eigenvalue weighted by molar-refractivity contribution is 5.94. The number of hydrogen-bond donors (Lipinski definition) is 1. The summed E-state index contributed by atoms with van der Waals surface area (Å²) in [7, 11) is 0. The first-order chi connectivity index (χ1) is 13.6. The number of nitrogens with zero attached hydrogens (tertiary/aromatic N) is 3. The Bertz CT molecular complexity index is 1110. The topological polar surface area (TPSA) is 75.9 Å². The summed E-state index contributed by atoms with van der Waals surface area (Å²) in [6, 6.07) is 12.9. The van der Waals surface area contributed by atoms with Crippen molar-refractivity contribution in [3.8, 4) is 11.8 Å². The van der Waals surface area contributed by atoms with Crippen LogP contribution in [0.3, 0.4) is 0 Å². The first-order valence-electron chi connectivity index (χ1n) is 8.88. The predicted molar refractivity (Wildman–Crippen MR) is 104 cm³/mol. The molecule has 7 heteroatoms. The van der Waals surface area contributed by atoms with Crippen LogP contribution in [-0.2, 0) is 4.74 Å². The molecular formula is C21H18N4O3. The van der Waals surface area contributed by atoms with Crippen molar-refractivity contribution in [2.75, 3.05) is 24.6 Å². The normalized spacial score (nSPS) is 13.2. The minimum atomic E-state index is -0.329. The van der Waals surface area contributed by atoms with E-state index in [9.17, 15) is 9.59 Å². The Kier molecular flexibility index (Phi) is 4.68. The zero-order valence-electron chi connectivity index (χ0n) is 15.3. The largest absolute Gasteiger partial charge is 0.447 e. The number of cyclic esters (lactones) is 1. The van der Waals surface area contributed by atoms with Crippen molar-refractivity contribution >= 4 is 23.3 Å². The van der Waals surface area contributed by atoms with Crippen molar-refractivity contribution in [2.45, 2.75) is 6.92 Å². The number of imidazole rings is 1. The number of carbonyl (C=O) groups excluding carboxylic acids is 2. The number of fused-ring (bicyclic) bond motifs is 1. The van der Waals surface area contributed by atoms with Gasteiger partial charge in [0.05, 0.1) is 18.8 Å². The second kappa shape index (κ2) is 7.45. The van der Waals surface area contributed by atoms with Crippen LogP contribution >= 0.6 is 0 Å². The Morgan fingerprint density at radius 2 is 2.07 bits per heavy atom. The first-order valence-corrected chi connectivity index (χ1v) is 8.88. The van der Waals surface area contributed by atoms with Crippen LogP contribution in [-0.4, -0.2) is 41.1 Å². The van der Waals surface area contributed by atoms with E-state index in [0.29, 0.717) is 24.5 Å². The molecule has 0 atom stereocenters. The fourth-order valence-electron chi connectivity index (χ4n) is 3.09. The van der Waals surface area contributed by atoms with Gasteiger partial charge in [0.1, 0.15) is 17.9 Å². The standard InChI is InChI=1S/C21H18N4O3/c1-15-19(25-12-3-2-6-18(25)23-15)20(26)22-11-4-5-16-7-9-17(10-8-16)24-13-14-28-21(24)27/h2-3,6-10,12H,11,13-14H2,1H3,(H,22,26). The van der Waals surface area contributed by atoms with Crippen molar-refractivity contribution in [1.82, 2.24) is 14.7 Å². The van der Waals surface area contributed by atoms with Gasteiger partial charge in [-0.1, -0.05) is 17.9 Å². The summed E-state index contributed by atoms with van der Waals surface area (Å²) in [6.45, 7) is 2.99. The SMILES string of the molecule is Cc1nc2ccccn2c1C(=O)NCC#Cc1ccc(N2CCOC2=O)cc1. The smallest absolute Gasteiger partial charge is 0.414 e. The summed E-state index contributed by atoms with van der Waals surface area (Å²) < 4.78 is 6.69. The number of carbonyl (C=O) groups is 2. The van der Waals surface area contributed by atoms with Gasteiger partial charge >= 0.3 is 6.09 Å². The summed E-state index contributed by atoms with van der Waals surface area (Å²) in [5.74, 6) is 5.73. The van der Waals surface area contributed by atoms with Gasteiger partial charge in [0.2, 0.25) is 0 Å². The van der Waals surface area contributed by atoms with Crippen molar-refractivity contribution in [3.63, 3.8) is 0 Å². The Labute approximate surface area is 161 Å². The molecule has 1 saturated heterocycles.